The predicted molar refractivity (Wildman–Crippen MR) is 67.6 cm³/mol. The summed E-state index contributed by atoms with van der Waals surface area (Å²) in [6, 6.07) is 5.98. The Balaban J connectivity index is 1.63. The van der Waals surface area contributed by atoms with Gasteiger partial charge in [-0.2, -0.15) is 5.10 Å². The van der Waals surface area contributed by atoms with E-state index in [4.69, 9.17) is 0 Å². The first-order valence-corrected chi connectivity index (χ1v) is 5.96. The number of aromatic nitrogens is 3. The van der Waals surface area contributed by atoms with Crippen LogP contribution >= 0.6 is 0 Å². The van der Waals surface area contributed by atoms with Crippen LogP contribution < -0.4 is 5.32 Å². The second-order valence-electron chi connectivity index (χ2n) is 4.12. The molecule has 0 aliphatic carbocycles. The van der Waals surface area contributed by atoms with Crippen LogP contribution in [0.3, 0.4) is 0 Å². The summed E-state index contributed by atoms with van der Waals surface area (Å²) in [4.78, 5) is 4.26. The highest BCUT2D eigenvalue weighted by atomic mass is 15.1. The van der Waals surface area contributed by atoms with Gasteiger partial charge in [0.15, 0.2) is 0 Å². The van der Waals surface area contributed by atoms with E-state index in [1.807, 2.05) is 30.6 Å². The van der Waals surface area contributed by atoms with Crippen LogP contribution in [0, 0.1) is 6.92 Å². The van der Waals surface area contributed by atoms with Crippen molar-refractivity contribution in [1.82, 2.24) is 20.5 Å². The van der Waals surface area contributed by atoms with Crippen molar-refractivity contribution in [1.29, 1.82) is 0 Å². The van der Waals surface area contributed by atoms with Crippen LogP contribution in [-0.2, 0) is 13.0 Å². The average molecular weight is 230 g/mol. The molecular formula is C13H18N4. The summed E-state index contributed by atoms with van der Waals surface area (Å²) in [6.07, 6.45) is 5.92. The van der Waals surface area contributed by atoms with Crippen molar-refractivity contribution < 1.29 is 0 Å². The van der Waals surface area contributed by atoms with Gasteiger partial charge in [-0.25, -0.2) is 0 Å². The summed E-state index contributed by atoms with van der Waals surface area (Å²) < 4.78 is 0. The maximum absolute atomic E-state index is 4.26. The predicted octanol–water partition coefficient (Wildman–Crippen LogP) is 1.84. The molecule has 0 aromatic carbocycles. The van der Waals surface area contributed by atoms with Crippen LogP contribution in [-0.4, -0.2) is 21.7 Å². The second kappa shape index (κ2) is 6.15. The quantitative estimate of drug-likeness (QED) is 0.744. The van der Waals surface area contributed by atoms with Crippen LogP contribution in [0.15, 0.2) is 30.6 Å². The molecule has 0 fully saturated rings. The van der Waals surface area contributed by atoms with Crippen molar-refractivity contribution in [3.63, 3.8) is 0 Å². The molecule has 2 heterocycles. The van der Waals surface area contributed by atoms with E-state index in [1.54, 1.807) is 0 Å². The Labute approximate surface area is 101 Å². The van der Waals surface area contributed by atoms with Gasteiger partial charge in [0.25, 0.3) is 0 Å². The van der Waals surface area contributed by atoms with Crippen LogP contribution in [0.5, 0.6) is 0 Å². The van der Waals surface area contributed by atoms with Gasteiger partial charge in [-0.3, -0.25) is 10.1 Å². The number of pyridine rings is 1. The molecule has 90 valence electrons. The number of rotatable bonds is 6. The third-order valence-corrected chi connectivity index (χ3v) is 2.77. The number of nitrogens with zero attached hydrogens (tertiary/aromatic N) is 2. The minimum absolute atomic E-state index is 0.839. The lowest BCUT2D eigenvalue weighted by molar-refractivity contribution is 0.640. The average Bonchev–Trinajstić information content (AvgIpc) is 2.76. The molecule has 0 saturated carbocycles. The van der Waals surface area contributed by atoms with Gasteiger partial charge in [-0.1, -0.05) is 6.07 Å². The molecule has 2 aromatic heterocycles. The van der Waals surface area contributed by atoms with Crippen molar-refractivity contribution >= 4 is 0 Å². The lowest BCUT2D eigenvalue weighted by Crippen LogP contribution is -2.16. The molecule has 0 aliphatic rings. The first-order chi connectivity index (χ1) is 8.36. The number of H-pyrrole nitrogens is 1. The largest absolute Gasteiger partial charge is 0.311 e. The van der Waals surface area contributed by atoms with E-state index in [2.05, 4.69) is 27.4 Å². The zero-order chi connectivity index (χ0) is 11.9. The maximum atomic E-state index is 4.26. The molecule has 0 unspecified atom stereocenters. The summed E-state index contributed by atoms with van der Waals surface area (Å²) in [5.74, 6) is 0. The normalized spacial score (nSPS) is 10.6. The number of nitrogens with one attached hydrogen (secondary N) is 2. The number of aryl methyl sites for hydroxylation is 2. The molecule has 0 aliphatic heterocycles. The zero-order valence-corrected chi connectivity index (χ0v) is 10.1. The van der Waals surface area contributed by atoms with Gasteiger partial charge in [0.05, 0.1) is 11.9 Å². The van der Waals surface area contributed by atoms with Gasteiger partial charge in [0, 0.05) is 18.4 Å². The van der Waals surface area contributed by atoms with E-state index < -0.39 is 0 Å². The van der Waals surface area contributed by atoms with Crippen LogP contribution in [0.25, 0.3) is 0 Å². The lowest BCUT2D eigenvalue weighted by atomic mass is 10.1. The van der Waals surface area contributed by atoms with Gasteiger partial charge in [0.1, 0.15) is 0 Å². The summed E-state index contributed by atoms with van der Waals surface area (Å²) in [5.41, 5.74) is 3.58. The lowest BCUT2D eigenvalue weighted by Gasteiger charge is -2.03. The molecule has 4 heteroatoms. The summed E-state index contributed by atoms with van der Waals surface area (Å²) in [5, 5.41) is 10.4. The Morgan fingerprint density at radius 1 is 1.35 bits per heavy atom. The molecule has 0 spiro atoms. The molecule has 2 N–H and O–H groups in total. The fourth-order valence-corrected chi connectivity index (χ4v) is 1.75. The van der Waals surface area contributed by atoms with E-state index in [0.717, 1.165) is 31.6 Å². The minimum atomic E-state index is 0.839. The van der Waals surface area contributed by atoms with Crippen LogP contribution in [0.1, 0.15) is 23.4 Å². The van der Waals surface area contributed by atoms with Crippen molar-refractivity contribution in [2.45, 2.75) is 26.3 Å². The van der Waals surface area contributed by atoms with E-state index in [-0.39, 0.29) is 0 Å². The Kier molecular flexibility index (Phi) is 4.27. The van der Waals surface area contributed by atoms with Crippen molar-refractivity contribution in [2.75, 3.05) is 6.54 Å². The van der Waals surface area contributed by atoms with Crippen molar-refractivity contribution in [3.05, 3.63) is 47.5 Å². The minimum Gasteiger partial charge on any atom is -0.311 e. The topological polar surface area (TPSA) is 53.6 Å². The number of hydrogen-bond acceptors (Lipinski definition) is 3. The van der Waals surface area contributed by atoms with Gasteiger partial charge >= 0.3 is 0 Å². The Morgan fingerprint density at radius 3 is 3.00 bits per heavy atom. The monoisotopic (exact) mass is 230 g/mol. The molecule has 0 saturated heterocycles. The molecule has 0 atom stereocenters. The molecule has 0 amide bonds. The van der Waals surface area contributed by atoms with E-state index in [0.29, 0.717) is 0 Å². The van der Waals surface area contributed by atoms with Gasteiger partial charge in [-0.15, -0.1) is 0 Å². The first kappa shape index (κ1) is 11.8. The smallest absolute Gasteiger partial charge is 0.0541 e. The van der Waals surface area contributed by atoms with Crippen molar-refractivity contribution in [2.24, 2.45) is 0 Å². The SMILES string of the molecule is Cc1[nH]ncc1CCCNCc1ccccn1. The summed E-state index contributed by atoms with van der Waals surface area (Å²) >= 11 is 0. The molecule has 0 bridgehead atoms. The standard InChI is InChI=1S/C13H18N4/c1-11-12(9-16-17-11)5-4-7-14-10-13-6-2-3-8-15-13/h2-3,6,8-9,14H,4-5,7,10H2,1H3,(H,16,17). The molecule has 2 rings (SSSR count). The fraction of sp³-hybridized carbons (Fsp3) is 0.385. The van der Waals surface area contributed by atoms with E-state index in [9.17, 15) is 0 Å². The molecule has 17 heavy (non-hydrogen) atoms. The van der Waals surface area contributed by atoms with E-state index in [1.165, 1.54) is 11.3 Å². The van der Waals surface area contributed by atoms with Crippen molar-refractivity contribution in [3.8, 4) is 0 Å². The highest BCUT2D eigenvalue weighted by molar-refractivity contribution is 5.14. The summed E-state index contributed by atoms with van der Waals surface area (Å²) in [7, 11) is 0. The first-order valence-electron chi connectivity index (χ1n) is 5.96. The van der Waals surface area contributed by atoms with Crippen LogP contribution in [0.2, 0.25) is 0 Å². The molecule has 0 radical (unpaired) electrons. The fourth-order valence-electron chi connectivity index (χ4n) is 1.75. The van der Waals surface area contributed by atoms with E-state index >= 15 is 0 Å². The second-order valence-corrected chi connectivity index (χ2v) is 4.12. The van der Waals surface area contributed by atoms with Gasteiger partial charge < -0.3 is 5.32 Å². The molecule has 2 aromatic rings. The van der Waals surface area contributed by atoms with Gasteiger partial charge in [-0.05, 0) is 44.0 Å². The highest BCUT2D eigenvalue weighted by Gasteiger charge is 1.99. The van der Waals surface area contributed by atoms with Gasteiger partial charge in [0.2, 0.25) is 0 Å². The number of aromatic amines is 1. The Morgan fingerprint density at radius 2 is 2.29 bits per heavy atom. The third-order valence-electron chi connectivity index (χ3n) is 2.77. The van der Waals surface area contributed by atoms with Crippen LogP contribution in [0.4, 0.5) is 0 Å². The zero-order valence-electron chi connectivity index (χ0n) is 10.1. The highest BCUT2D eigenvalue weighted by Crippen LogP contribution is 2.05. The Hall–Kier alpha value is -1.68. The summed E-state index contributed by atoms with van der Waals surface area (Å²) in [6.45, 7) is 3.90. The third kappa shape index (κ3) is 3.67. The molecule has 4 nitrogen and oxygen atoms in total. The molecular weight excluding hydrogens is 212 g/mol. The maximum Gasteiger partial charge on any atom is 0.0541 e. The Bertz CT molecular complexity index is 436. The number of hydrogen-bond donors (Lipinski definition) is 2.